The Labute approximate surface area is 202 Å². The van der Waals surface area contributed by atoms with Crippen molar-refractivity contribution >= 4 is 29.7 Å². The van der Waals surface area contributed by atoms with E-state index < -0.39 is 29.9 Å². The summed E-state index contributed by atoms with van der Waals surface area (Å²) in [4.78, 5) is 52.3. The maximum atomic E-state index is 13.0. The summed E-state index contributed by atoms with van der Waals surface area (Å²) >= 11 is 0. The van der Waals surface area contributed by atoms with E-state index in [0.29, 0.717) is 32.2 Å². The average molecular weight is 485 g/mol. The Kier molecular flexibility index (Phi) is 15.3. The first-order chi connectivity index (χ1) is 15.8. The number of hydrogen-bond acceptors (Lipinski definition) is 5. The highest BCUT2D eigenvalue weighted by Crippen LogP contribution is 2.12. The zero-order valence-electron chi connectivity index (χ0n) is 21.2. The SMILES string of the molecule is CCC(CC(=O)O)NC(=O)CCC(=O)NC(CC(C)C)C(=O)NC(CCCN=C(N)N)C(C)C. The number of nitrogens with two attached hydrogens (primary N) is 2. The topological polar surface area (TPSA) is 189 Å². The lowest BCUT2D eigenvalue weighted by molar-refractivity contribution is -0.138. The second-order valence-electron chi connectivity index (χ2n) is 9.33. The third-order valence-electron chi connectivity index (χ3n) is 5.32. The van der Waals surface area contributed by atoms with Crippen molar-refractivity contribution in [1.29, 1.82) is 0 Å². The maximum absolute atomic E-state index is 13.0. The van der Waals surface area contributed by atoms with Crippen LogP contribution in [0.1, 0.15) is 79.6 Å². The van der Waals surface area contributed by atoms with Gasteiger partial charge in [-0.15, -0.1) is 0 Å². The van der Waals surface area contributed by atoms with Crippen LogP contribution in [-0.2, 0) is 19.2 Å². The minimum atomic E-state index is -0.997. The van der Waals surface area contributed by atoms with Crippen molar-refractivity contribution in [3.63, 3.8) is 0 Å². The number of carboxylic acids is 1. The third kappa shape index (κ3) is 15.1. The summed E-state index contributed by atoms with van der Waals surface area (Å²) in [5, 5.41) is 17.3. The molecule has 8 N–H and O–H groups in total. The molecule has 0 fully saturated rings. The molecule has 0 aromatic heterocycles. The second-order valence-corrected chi connectivity index (χ2v) is 9.33. The van der Waals surface area contributed by atoms with E-state index in [1.807, 2.05) is 27.7 Å². The van der Waals surface area contributed by atoms with E-state index in [2.05, 4.69) is 20.9 Å². The van der Waals surface area contributed by atoms with E-state index in [-0.39, 0.29) is 49.0 Å². The number of nitrogens with one attached hydrogen (secondary N) is 3. The Hall–Kier alpha value is -2.85. The highest BCUT2D eigenvalue weighted by molar-refractivity contribution is 5.89. The number of aliphatic imine (C=N–C) groups is 1. The van der Waals surface area contributed by atoms with Crippen molar-refractivity contribution in [2.75, 3.05) is 6.54 Å². The van der Waals surface area contributed by atoms with Gasteiger partial charge in [0.2, 0.25) is 17.7 Å². The molecule has 3 atom stereocenters. The molecule has 0 aromatic rings. The monoisotopic (exact) mass is 484 g/mol. The molecule has 0 heterocycles. The van der Waals surface area contributed by atoms with E-state index in [4.69, 9.17) is 16.6 Å². The number of carbonyl (C=O) groups is 4. The maximum Gasteiger partial charge on any atom is 0.305 e. The van der Waals surface area contributed by atoms with Crippen LogP contribution in [0.5, 0.6) is 0 Å². The van der Waals surface area contributed by atoms with Crippen molar-refractivity contribution in [2.45, 2.75) is 97.7 Å². The van der Waals surface area contributed by atoms with Crippen LogP contribution in [0.2, 0.25) is 0 Å². The molecule has 196 valence electrons. The smallest absolute Gasteiger partial charge is 0.305 e. The molecule has 0 rings (SSSR count). The Morgan fingerprint density at radius 2 is 1.53 bits per heavy atom. The molecule has 0 aliphatic heterocycles. The lowest BCUT2D eigenvalue weighted by Gasteiger charge is -2.26. The predicted molar refractivity (Wildman–Crippen MR) is 132 cm³/mol. The van der Waals surface area contributed by atoms with Crippen molar-refractivity contribution in [1.82, 2.24) is 16.0 Å². The van der Waals surface area contributed by atoms with E-state index in [1.165, 1.54) is 0 Å². The third-order valence-corrected chi connectivity index (χ3v) is 5.32. The largest absolute Gasteiger partial charge is 0.481 e. The Balaban J connectivity index is 4.88. The van der Waals surface area contributed by atoms with Crippen molar-refractivity contribution in [3.05, 3.63) is 0 Å². The van der Waals surface area contributed by atoms with Gasteiger partial charge in [0.15, 0.2) is 5.96 Å². The number of guanidine groups is 1. The molecule has 0 spiro atoms. The van der Waals surface area contributed by atoms with Gasteiger partial charge in [-0.1, -0.05) is 34.6 Å². The average Bonchev–Trinajstić information content (AvgIpc) is 2.72. The lowest BCUT2D eigenvalue weighted by Crippen LogP contribution is -2.51. The van der Waals surface area contributed by atoms with Gasteiger partial charge in [0.25, 0.3) is 0 Å². The van der Waals surface area contributed by atoms with Crippen molar-refractivity contribution in [3.8, 4) is 0 Å². The summed E-state index contributed by atoms with van der Waals surface area (Å²) < 4.78 is 0. The first-order valence-electron chi connectivity index (χ1n) is 12.0. The quantitative estimate of drug-likeness (QED) is 0.100. The van der Waals surface area contributed by atoms with E-state index in [0.717, 1.165) is 0 Å². The Bertz CT molecular complexity index is 691. The lowest BCUT2D eigenvalue weighted by atomic mass is 9.97. The molecule has 0 aromatic carbocycles. The first kappa shape index (κ1) is 31.1. The zero-order valence-corrected chi connectivity index (χ0v) is 21.2. The summed E-state index contributed by atoms with van der Waals surface area (Å²) in [6, 6.07) is -1.29. The highest BCUT2D eigenvalue weighted by atomic mass is 16.4. The van der Waals surface area contributed by atoms with Gasteiger partial charge >= 0.3 is 5.97 Å². The van der Waals surface area contributed by atoms with Gasteiger partial charge < -0.3 is 32.5 Å². The first-order valence-corrected chi connectivity index (χ1v) is 12.0. The number of hydrogen-bond donors (Lipinski definition) is 6. The molecule has 11 nitrogen and oxygen atoms in total. The van der Waals surface area contributed by atoms with Crippen LogP contribution in [-0.4, -0.2) is 59.4 Å². The number of nitrogens with zero attached hydrogens (tertiary/aromatic N) is 1. The van der Waals surface area contributed by atoms with E-state index >= 15 is 0 Å². The number of rotatable bonds is 17. The predicted octanol–water partition coefficient (Wildman–Crippen LogP) is 0.861. The van der Waals surface area contributed by atoms with E-state index in [9.17, 15) is 19.2 Å². The van der Waals surface area contributed by atoms with Gasteiger partial charge in [0.1, 0.15) is 6.04 Å². The number of carbonyl (C=O) groups excluding carboxylic acids is 3. The van der Waals surface area contributed by atoms with Crippen molar-refractivity contribution in [2.24, 2.45) is 28.3 Å². The number of amides is 3. The summed E-state index contributed by atoms with van der Waals surface area (Å²) in [6.45, 7) is 10.2. The molecule has 0 saturated heterocycles. The molecule has 0 radical (unpaired) electrons. The van der Waals surface area contributed by atoms with Crippen LogP contribution < -0.4 is 27.4 Å². The highest BCUT2D eigenvalue weighted by Gasteiger charge is 2.25. The van der Waals surface area contributed by atoms with Crippen LogP contribution in [0.25, 0.3) is 0 Å². The molecule has 3 amide bonds. The second kappa shape index (κ2) is 16.7. The minimum Gasteiger partial charge on any atom is -0.481 e. The molecule has 0 aliphatic carbocycles. The Morgan fingerprint density at radius 3 is 2.00 bits per heavy atom. The van der Waals surface area contributed by atoms with Gasteiger partial charge in [-0.05, 0) is 37.5 Å². The molecule has 0 bridgehead atoms. The van der Waals surface area contributed by atoms with Crippen LogP contribution in [0.4, 0.5) is 0 Å². The number of carboxylic acid groups (broad SMARTS) is 1. The molecule has 0 saturated carbocycles. The Morgan fingerprint density at radius 1 is 0.941 bits per heavy atom. The molecular weight excluding hydrogens is 440 g/mol. The molecule has 34 heavy (non-hydrogen) atoms. The molecular formula is C23H44N6O5. The number of aliphatic carboxylic acids is 1. The molecule has 0 aliphatic rings. The fourth-order valence-corrected chi connectivity index (χ4v) is 3.38. The van der Waals surface area contributed by atoms with Crippen LogP contribution in [0, 0.1) is 11.8 Å². The van der Waals surface area contributed by atoms with Crippen LogP contribution in [0.15, 0.2) is 4.99 Å². The summed E-state index contributed by atoms with van der Waals surface area (Å²) in [5.41, 5.74) is 10.7. The van der Waals surface area contributed by atoms with Gasteiger partial charge in [-0.3, -0.25) is 24.2 Å². The van der Waals surface area contributed by atoms with Crippen molar-refractivity contribution < 1.29 is 24.3 Å². The molecule has 3 unspecified atom stereocenters. The van der Waals surface area contributed by atoms with Crippen LogP contribution in [0.3, 0.4) is 0 Å². The standard InChI is InChI=1S/C23H44N6O5/c1-6-16(13-21(32)33)27-19(30)9-10-20(31)28-18(12-14(2)3)22(34)29-17(15(4)5)8-7-11-26-23(24)25/h14-18H,6-13H2,1-5H3,(H,27,30)(H,28,31)(H,29,34)(H,32,33)(H4,24,25,26). The van der Waals surface area contributed by atoms with Gasteiger partial charge in [0, 0.05) is 31.5 Å². The zero-order chi connectivity index (χ0) is 26.3. The van der Waals surface area contributed by atoms with Gasteiger partial charge in [0.05, 0.1) is 6.42 Å². The fraction of sp³-hybridized carbons (Fsp3) is 0.783. The molecule has 11 heteroatoms. The normalized spacial score (nSPS) is 13.6. The fourth-order valence-electron chi connectivity index (χ4n) is 3.38. The summed E-state index contributed by atoms with van der Waals surface area (Å²) in [5.74, 6) is -1.68. The van der Waals surface area contributed by atoms with Crippen LogP contribution >= 0.6 is 0 Å². The summed E-state index contributed by atoms with van der Waals surface area (Å²) in [6.07, 6.45) is 1.98. The minimum absolute atomic E-state index is 0.0330. The van der Waals surface area contributed by atoms with E-state index in [1.54, 1.807) is 6.92 Å². The van der Waals surface area contributed by atoms with Gasteiger partial charge in [-0.2, -0.15) is 0 Å². The summed E-state index contributed by atoms with van der Waals surface area (Å²) in [7, 11) is 0. The van der Waals surface area contributed by atoms with Gasteiger partial charge in [-0.25, -0.2) is 0 Å².